The van der Waals surface area contributed by atoms with E-state index >= 15 is 0 Å². The molecule has 2 aromatic carbocycles. The Kier molecular flexibility index (Phi) is 3.08. The maximum atomic E-state index is 9.90. The van der Waals surface area contributed by atoms with Crippen LogP contribution in [0.25, 0.3) is 10.9 Å². The number of phenols is 1. The van der Waals surface area contributed by atoms with Crippen LogP contribution in [0.15, 0.2) is 47.6 Å². The molecule has 1 atom stereocenters. The minimum Gasteiger partial charge on any atom is -0.504 e. The Morgan fingerprint density at radius 2 is 2.13 bits per heavy atom. The smallest absolute Gasteiger partial charge is 0.161 e. The third-order valence-electron chi connectivity index (χ3n) is 3.95. The second-order valence-electron chi connectivity index (χ2n) is 5.36. The normalized spacial score (nSPS) is 16.0. The van der Waals surface area contributed by atoms with Crippen LogP contribution in [0.2, 0.25) is 0 Å². The van der Waals surface area contributed by atoms with Crippen LogP contribution in [-0.2, 0) is 0 Å². The van der Waals surface area contributed by atoms with Crippen molar-refractivity contribution in [1.29, 1.82) is 0 Å². The summed E-state index contributed by atoms with van der Waals surface area (Å²) in [5, 5.41) is 17.5. The molecule has 116 valence electrons. The van der Waals surface area contributed by atoms with Gasteiger partial charge in [0.15, 0.2) is 11.5 Å². The van der Waals surface area contributed by atoms with Crippen LogP contribution in [0.1, 0.15) is 11.7 Å². The lowest BCUT2D eigenvalue weighted by Gasteiger charge is -2.24. The molecular formula is C17H16N4O2. The molecule has 0 saturated carbocycles. The summed E-state index contributed by atoms with van der Waals surface area (Å²) in [5.74, 6) is 0.525. The third-order valence-corrected chi connectivity index (χ3v) is 3.95. The Morgan fingerprint density at radius 3 is 3.00 bits per heavy atom. The number of aromatic hydroxyl groups is 1. The molecule has 0 radical (unpaired) electrons. The van der Waals surface area contributed by atoms with Crippen LogP contribution in [0, 0.1) is 0 Å². The third kappa shape index (κ3) is 2.34. The van der Waals surface area contributed by atoms with Gasteiger partial charge in [0.05, 0.1) is 19.1 Å². The van der Waals surface area contributed by atoms with Gasteiger partial charge in [0.1, 0.15) is 6.17 Å². The van der Waals surface area contributed by atoms with E-state index in [0.29, 0.717) is 5.75 Å². The number of methoxy groups -OCH3 is 1. The number of hydrogen-bond donors (Lipinski definition) is 4. The Labute approximate surface area is 132 Å². The molecule has 0 saturated heterocycles. The number of rotatable bonds is 3. The van der Waals surface area contributed by atoms with Crippen LogP contribution in [0.5, 0.6) is 11.5 Å². The highest BCUT2D eigenvalue weighted by Crippen LogP contribution is 2.38. The number of nitrogens with one attached hydrogen (secondary N) is 3. The van der Waals surface area contributed by atoms with Crippen molar-refractivity contribution in [2.45, 2.75) is 6.17 Å². The fourth-order valence-electron chi connectivity index (χ4n) is 2.78. The predicted octanol–water partition coefficient (Wildman–Crippen LogP) is 3.45. The van der Waals surface area contributed by atoms with Crippen LogP contribution < -0.4 is 15.4 Å². The van der Waals surface area contributed by atoms with Gasteiger partial charge in [0.25, 0.3) is 0 Å². The van der Waals surface area contributed by atoms with Gasteiger partial charge in [-0.25, -0.2) is 4.99 Å². The summed E-state index contributed by atoms with van der Waals surface area (Å²) >= 11 is 0. The molecular weight excluding hydrogens is 292 g/mol. The van der Waals surface area contributed by atoms with Gasteiger partial charge >= 0.3 is 0 Å². The predicted molar refractivity (Wildman–Crippen MR) is 91.4 cm³/mol. The number of aromatic amines is 1. The topological polar surface area (TPSA) is 81.7 Å². The second-order valence-corrected chi connectivity index (χ2v) is 5.36. The number of phenolic OH excluding ortho intramolecular Hbond substituents is 1. The fraction of sp³-hybridized carbons (Fsp3) is 0.118. The van der Waals surface area contributed by atoms with Crippen LogP contribution >= 0.6 is 0 Å². The molecule has 23 heavy (non-hydrogen) atoms. The Bertz CT molecular complexity index is 901. The van der Waals surface area contributed by atoms with Crippen LogP contribution in [-0.4, -0.2) is 23.5 Å². The maximum Gasteiger partial charge on any atom is 0.161 e. The van der Waals surface area contributed by atoms with Gasteiger partial charge in [-0.3, -0.25) is 0 Å². The number of fused-ring (bicyclic) bond motifs is 2. The van der Waals surface area contributed by atoms with E-state index < -0.39 is 0 Å². The number of aromatic nitrogens is 1. The van der Waals surface area contributed by atoms with Gasteiger partial charge in [-0.2, -0.15) is 0 Å². The molecule has 1 aliphatic rings. The van der Waals surface area contributed by atoms with Gasteiger partial charge in [-0.05, 0) is 30.3 Å². The number of aliphatic imine (C=N–C) groups is 1. The highest BCUT2D eigenvalue weighted by molar-refractivity contribution is 5.84. The molecule has 0 fully saturated rings. The van der Waals surface area contributed by atoms with Crippen molar-refractivity contribution >= 4 is 28.6 Å². The van der Waals surface area contributed by atoms with Crippen molar-refractivity contribution in [2.75, 3.05) is 17.7 Å². The average molecular weight is 308 g/mol. The number of benzene rings is 2. The summed E-state index contributed by atoms with van der Waals surface area (Å²) in [6, 6.07) is 11.6. The number of hydrogen-bond acceptors (Lipinski definition) is 5. The lowest BCUT2D eigenvalue weighted by molar-refractivity contribution is 0.373. The maximum absolute atomic E-state index is 9.90. The van der Waals surface area contributed by atoms with E-state index in [1.54, 1.807) is 18.5 Å². The Morgan fingerprint density at radius 1 is 1.22 bits per heavy atom. The molecule has 0 amide bonds. The van der Waals surface area contributed by atoms with Crippen molar-refractivity contribution in [3.63, 3.8) is 0 Å². The first-order valence-corrected chi connectivity index (χ1v) is 7.27. The quantitative estimate of drug-likeness (QED) is 0.597. The van der Waals surface area contributed by atoms with Crippen molar-refractivity contribution in [3.8, 4) is 11.5 Å². The molecule has 1 unspecified atom stereocenters. The van der Waals surface area contributed by atoms with Crippen LogP contribution in [0.4, 0.5) is 11.4 Å². The number of anilines is 2. The van der Waals surface area contributed by atoms with Crippen LogP contribution in [0.3, 0.4) is 0 Å². The molecule has 0 spiro atoms. The largest absolute Gasteiger partial charge is 0.504 e. The van der Waals surface area contributed by atoms with Crippen molar-refractivity contribution in [2.24, 2.45) is 4.99 Å². The molecule has 2 heterocycles. The standard InChI is InChI=1S/C17H16N4O2/c1-23-16-7-12-14(8-15(16)22)19-9-20-17(12)21-11-2-3-13-10(6-11)4-5-18-13/h2-9,17-18,21-22H,1H3,(H,19,20). The van der Waals surface area contributed by atoms with E-state index in [9.17, 15) is 5.11 Å². The first-order valence-electron chi connectivity index (χ1n) is 7.27. The highest BCUT2D eigenvalue weighted by Gasteiger charge is 2.20. The van der Waals surface area contributed by atoms with E-state index in [-0.39, 0.29) is 11.9 Å². The molecule has 3 aromatic rings. The lowest BCUT2D eigenvalue weighted by Crippen LogP contribution is -2.16. The van der Waals surface area contributed by atoms with Gasteiger partial charge in [0, 0.05) is 34.4 Å². The molecule has 4 N–H and O–H groups in total. The zero-order valence-corrected chi connectivity index (χ0v) is 12.5. The minimum absolute atomic E-state index is 0.0987. The highest BCUT2D eigenvalue weighted by atomic mass is 16.5. The van der Waals surface area contributed by atoms with Gasteiger partial charge in [-0.15, -0.1) is 0 Å². The van der Waals surface area contributed by atoms with Gasteiger partial charge in [-0.1, -0.05) is 0 Å². The second kappa shape index (κ2) is 5.24. The summed E-state index contributed by atoms with van der Waals surface area (Å²) < 4.78 is 5.20. The summed E-state index contributed by atoms with van der Waals surface area (Å²) in [6.07, 6.45) is 3.29. The molecule has 6 heteroatoms. The molecule has 0 bridgehead atoms. The molecule has 6 nitrogen and oxygen atoms in total. The lowest BCUT2D eigenvalue weighted by atomic mass is 10.1. The number of H-pyrrole nitrogens is 1. The molecule has 1 aliphatic heterocycles. The number of nitrogens with zero attached hydrogens (tertiary/aromatic N) is 1. The van der Waals surface area contributed by atoms with Crippen molar-refractivity contribution in [1.82, 2.24) is 4.98 Å². The monoisotopic (exact) mass is 308 g/mol. The van der Waals surface area contributed by atoms with Crippen molar-refractivity contribution < 1.29 is 9.84 Å². The van der Waals surface area contributed by atoms with E-state index in [4.69, 9.17) is 4.74 Å². The first kappa shape index (κ1) is 13.5. The zero-order chi connectivity index (χ0) is 15.8. The van der Waals surface area contributed by atoms with Gasteiger partial charge in [0.2, 0.25) is 0 Å². The molecule has 4 rings (SSSR count). The zero-order valence-electron chi connectivity index (χ0n) is 12.5. The SMILES string of the molecule is COc1cc2c(cc1O)NC=NC2Nc1ccc2[nH]ccc2c1. The number of ether oxygens (including phenoxy) is 1. The molecule has 1 aromatic heterocycles. The molecule has 0 aliphatic carbocycles. The minimum atomic E-state index is -0.253. The summed E-state index contributed by atoms with van der Waals surface area (Å²) in [4.78, 5) is 7.62. The first-order chi connectivity index (χ1) is 11.2. The van der Waals surface area contributed by atoms with E-state index in [2.05, 4.69) is 26.7 Å². The summed E-state index contributed by atoms with van der Waals surface area (Å²) in [6.45, 7) is 0. The van der Waals surface area contributed by atoms with E-state index in [1.807, 2.05) is 24.4 Å². The summed E-state index contributed by atoms with van der Waals surface area (Å²) in [5.41, 5.74) is 3.78. The van der Waals surface area contributed by atoms with E-state index in [0.717, 1.165) is 27.8 Å². The van der Waals surface area contributed by atoms with Crippen molar-refractivity contribution in [3.05, 3.63) is 48.2 Å². The Balaban J connectivity index is 1.69. The fourth-order valence-corrected chi connectivity index (χ4v) is 2.78. The Hall–Kier alpha value is -3.15. The van der Waals surface area contributed by atoms with E-state index in [1.165, 1.54) is 7.11 Å². The summed E-state index contributed by atoms with van der Waals surface area (Å²) in [7, 11) is 1.53. The van der Waals surface area contributed by atoms with Gasteiger partial charge < -0.3 is 25.5 Å². The average Bonchev–Trinajstić information content (AvgIpc) is 3.02.